The van der Waals surface area contributed by atoms with Crippen molar-refractivity contribution in [3.8, 4) is 5.75 Å². The van der Waals surface area contributed by atoms with Gasteiger partial charge in [0.2, 0.25) is 0 Å². The summed E-state index contributed by atoms with van der Waals surface area (Å²) in [5, 5.41) is 13.2. The molecule has 39 heavy (non-hydrogen) atoms. The Morgan fingerprint density at radius 3 is 2.38 bits per heavy atom. The van der Waals surface area contributed by atoms with Crippen LogP contribution in [0.5, 0.6) is 5.75 Å². The van der Waals surface area contributed by atoms with E-state index in [0.29, 0.717) is 22.8 Å². The number of aliphatic carboxylic acids is 1. The molecule has 1 amide bonds. The minimum atomic E-state index is -1.10. The van der Waals surface area contributed by atoms with E-state index in [4.69, 9.17) is 9.84 Å². The zero-order valence-corrected chi connectivity index (χ0v) is 23.2. The Labute approximate surface area is 228 Å². The fourth-order valence-electron chi connectivity index (χ4n) is 4.72. The van der Waals surface area contributed by atoms with Gasteiger partial charge in [-0.1, -0.05) is 38.1 Å². The predicted molar refractivity (Wildman–Crippen MR) is 151 cm³/mol. The van der Waals surface area contributed by atoms with Crippen LogP contribution in [0.3, 0.4) is 0 Å². The first-order chi connectivity index (χ1) is 18.5. The summed E-state index contributed by atoms with van der Waals surface area (Å²) < 4.78 is 22.2. The van der Waals surface area contributed by atoms with E-state index in [-0.39, 0.29) is 18.5 Å². The number of nitrogens with zero attached hydrogens (tertiary/aromatic N) is 1. The molecule has 4 aromatic rings. The van der Waals surface area contributed by atoms with Crippen LogP contribution < -0.4 is 10.1 Å². The molecule has 7 heteroatoms. The SMILES string of the molecule is Cc1c(C)n(Cc2cc(OC(C)C(=O)O)ccc2F)c2ccc(C(=O)NC(C)c3cccc(C(C)C)c3)cc12. The third-order valence-corrected chi connectivity index (χ3v) is 7.33. The van der Waals surface area contributed by atoms with Crippen LogP contribution in [0.25, 0.3) is 10.9 Å². The molecule has 0 bridgehead atoms. The van der Waals surface area contributed by atoms with Crippen LogP contribution in [0, 0.1) is 19.7 Å². The van der Waals surface area contributed by atoms with E-state index in [9.17, 15) is 14.0 Å². The summed E-state index contributed by atoms with van der Waals surface area (Å²) in [5.41, 5.74) is 6.05. The molecule has 0 saturated carbocycles. The maximum atomic E-state index is 14.8. The first-order valence-electron chi connectivity index (χ1n) is 13.1. The lowest BCUT2D eigenvalue weighted by Crippen LogP contribution is -2.26. The molecule has 0 fully saturated rings. The Hall–Kier alpha value is -4.13. The molecule has 2 N–H and O–H groups in total. The summed E-state index contributed by atoms with van der Waals surface area (Å²) in [7, 11) is 0. The lowest BCUT2D eigenvalue weighted by atomic mass is 9.98. The Balaban J connectivity index is 1.59. The van der Waals surface area contributed by atoms with Crippen molar-refractivity contribution in [2.75, 3.05) is 0 Å². The largest absolute Gasteiger partial charge is 0.479 e. The fraction of sp³-hybridized carbons (Fsp3) is 0.312. The first kappa shape index (κ1) is 27.9. The number of hydrogen-bond acceptors (Lipinski definition) is 3. The molecule has 0 radical (unpaired) electrons. The van der Waals surface area contributed by atoms with E-state index in [1.54, 1.807) is 6.07 Å². The van der Waals surface area contributed by atoms with Crippen molar-refractivity contribution in [2.45, 2.75) is 66.2 Å². The Morgan fingerprint density at radius 2 is 1.69 bits per heavy atom. The third kappa shape index (κ3) is 5.98. The summed E-state index contributed by atoms with van der Waals surface area (Å²) in [6, 6.07) is 17.9. The van der Waals surface area contributed by atoms with Gasteiger partial charge in [-0.2, -0.15) is 0 Å². The molecule has 2 unspecified atom stereocenters. The van der Waals surface area contributed by atoms with Crippen molar-refractivity contribution in [2.24, 2.45) is 0 Å². The summed E-state index contributed by atoms with van der Waals surface area (Å²) in [6.45, 7) is 11.9. The number of ether oxygens (including phenoxy) is 1. The number of nitrogens with one attached hydrogen (secondary N) is 1. The van der Waals surface area contributed by atoms with Crippen LogP contribution in [0.2, 0.25) is 0 Å². The molecule has 1 aromatic heterocycles. The summed E-state index contributed by atoms with van der Waals surface area (Å²) in [5.74, 6) is -0.966. The topological polar surface area (TPSA) is 80.6 Å². The van der Waals surface area contributed by atoms with Gasteiger partial charge in [-0.15, -0.1) is 0 Å². The lowest BCUT2D eigenvalue weighted by molar-refractivity contribution is -0.144. The van der Waals surface area contributed by atoms with Gasteiger partial charge in [-0.25, -0.2) is 9.18 Å². The van der Waals surface area contributed by atoms with Gasteiger partial charge in [0.05, 0.1) is 12.6 Å². The van der Waals surface area contributed by atoms with Gasteiger partial charge in [-0.05, 0) is 86.7 Å². The molecule has 3 aromatic carbocycles. The zero-order valence-electron chi connectivity index (χ0n) is 23.2. The number of halogens is 1. The fourth-order valence-corrected chi connectivity index (χ4v) is 4.72. The Morgan fingerprint density at radius 1 is 0.974 bits per heavy atom. The van der Waals surface area contributed by atoms with Gasteiger partial charge in [0.25, 0.3) is 5.91 Å². The van der Waals surface area contributed by atoms with Crippen LogP contribution in [0.1, 0.15) is 78.0 Å². The summed E-state index contributed by atoms with van der Waals surface area (Å²) in [6.07, 6.45) is -1.05. The predicted octanol–water partition coefficient (Wildman–Crippen LogP) is 6.91. The minimum Gasteiger partial charge on any atom is -0.479 e. The average molecular weight is 531 g/mol. The number of fused-ring (bicyclic) bond motifs is 1. The number of carboxylic acid groups (broad SMARTS) is 1. The maximum absolute atomic E-state index is 14.8. The highest BCUT2D eigenvalue weighted by atomic mass is 19.1. The summed E-state index contributed by atoms with van der Waals surface area (Å²) >= 11 is 0. The van der Waals surface area contributed by atoms with Gasteiger partial charge in [0.1, 0.15) is 11.6 Å². The van der Waals surface area contributed by atoms with Gasteiger partial charge < -0.3 is 19.7 Å². The van der Waals surface area contributed by atoms with Crippen LogP contribution in [0.4, 0.5) is 4.39 Å². The number of hydrogen-bond donors (Lipinski definition) is 2. The summed E-state index contributed by atoms with van der Waals surface area (Å²) in [4.78, 5) is 24.3. The Bertz CT molecular complexity index is 1540. The van der Waals surface area contributed by atoms with Crippen LogP contribution in [-0.2, 0) is 11.3 Å². The van der Waals surface area contributed by atoms with E-state index in [2.05, 4.69) is 31.3 Å². The van der Waals surface area contributed by atoms with Gasteiger partial charge in [0.15, 0.2) is 6.10 Å². The molecular formula is C32H35FN2O4. The average Bonchev–Trinajstić information content (AvgIpc) is 3.14. The quantitative estimate of drug-likeness (QED) is 0.246. The molecule has 6 nitrogen and oxygen atoms in total. The number of carboxylic acids is 1. The van der Waals surface area contributed by atoms with Crippen molar-refractivity contribution in [3.05, 3.63) is 100.0 Å². The van der Waals surface area contributed by atoms with E-state index < -0.39 is 17.9 Å². The first-order valence-corrected chi connectivity index (χ1v) is 13.1. The third-order valence-electron chi connectivity index (χ3n) is 7.33. The van der Waals surface area contributed by atoms with E-state index >= 15 is 0 Å². The van der Waals surface area contributed by atoms with E-state index in [1.165, 1.54) is 30.7 Å². The number of aromatic nitrogens is 1. The molecule has 1 heterocycles. The molecule has 0 spiro atoms. The molecule has 4 rings (SSSR count). The molecule has 0 aliphatic heterocycles. The van der Waals surface area contributed by atoms with Gasteiger partial charge in [0, 0.05) is 27.7 Å². The molecule has 2 atom stereocenters. The van der Waals surface area contributed by atoms with Crippen LogP contribution in [0.15, 0.2) is 60.7 Å². The van der Waals surface area contributed by atoms with Crippen LogP contribution >= 0.6 is 0 Å². The lowest BCUT2D eigenvalue weighted by Gasteiger charge is -2.17. The van der Waals surface area contributed by atoms with Crippen molar-refractivity contribution in [1.29, 1.82) is 0 Å². The highest BCUT2D eigenvalue weighted by molar-refractivity contribution is 5.99. The zero-order chi connectivity index (χ0) is 28.4. The second-order valence-corrected chi connectivity index (χ2v) is 10.4. The smallest absolute Gasteiger partial charge is 0.344 e. The number of rotatable bonds is 9. The number of carbonyl (C=O) groups is 2. The second-order valence-electron chi connectivity index (χ2n) is 10.4. The van der Waals surface area contributed by atoms with Gasteiger partial charge in [-0.3, -0.25) is 4.79 Å². The number of benzene rings is 3. The van der Waals surface area contributed by atoms with E-state index in [0.717, 1.165) is 27.7 Å². The van der Waals surface area contributed by atoms with Crippen molar-refractivity contribution < 1.29 is 23.8 Å². The molecule has 0 saturated heterocycles. The molecule has 0 aliphatic carbocycles. The van der Waals surface area contributed by atoms with E-state index in [1.807, 2.05) is 49.6 Å². The Kier molecular flexibility index (Phi) is 8.09. The number of carbonyl (C=O) groups excluding carboxylic acids is 1. The highest BCUT2D eigenvalue weighted by Gasteiger charge is 2.18. The van der Waals surface area contributed by atoms with Crippen molar-refractivity contribution >= 4 is 22.8 Å². The molecule has 204 valence electrons. The second kappa shape index (κ2) is 11.3. The van der Waals surface area contributed by atoms with Crippen molar-refractivity contribution in [1.82, 2.24) is 9.88 Å². The van der Waals surface area contributed by atoms with Gasteiger partial charge >= 0.3 is 5.97 Å². The minimum absolute atomic E-state index is 0.152. The monoisotopic (exact) mass is 530 g/mol. The number of aryl methyl sites for hydroxylation is 1. The standard InChI is InChI=1S/C32H35FN2O4/c1-18(2)23-8-7-9-24(14-23)20(4)34-31(36)25-10-13-30-28(16-25)19(3)21(5)35(30)17-26-15-27(11-12-29(26)33)39-22(6)32(37)38/h7-16,18,20,22H,17H2,1-6H3,(H,34,36)(H,37,38). The van der Waals surface area contributed by atoms with Crippen LogP contribution in [-0.4, -0.2) is 27.7 Å². The van der Waals surface area contributed by atoms with Crippen molar-refractivity contribution in [3.63, 3.8) is 0 Å². The normalized spacial score (nSPS) is 12.9. The molecular weight excluding hydrogens is 495 g/mol. The maximum Gasteiger partial charge on any atom is 0.344 e. The molecule has 0 aliphatic rings. The highest BCUT2D eigenvalue weighted by Crippen LogP contribution is 2.29. The number of amides is 1.